The maximum atomic E-state index is 12.8. The molecule has 31 heavy (non-hydrogen) atoms. The number of fused-ring (bicyclic) bond motifs is 1. The lowest BCUT2D eigenvalue weighted by Crippen LogP contribution is -2.25. The standard InChI is InChI=1S/C24H20F3N3O/c1-30-14-20(29-15-30)11-12-28-23(31)18-7-10-22-17(13-18)3-2-4-21(22)16-5-8-19(9-6-16)24(25,26)27/h2-10,13-15H,11-12H2,1H3,(H,28,31). The summed E-state index contributed by atoms with van der Waals surface area (Å²) in [5.74, 6) is -0.183. The molecule has 0 unspecified atom stereocenters. The Morgan fingerprint density at radius 2 is 1.84 bits per heavy atom. The van der Waals surface area contributed by atoms with Gasteiger partial charge in [-0.05, 0) is 46.2 Å². The van der Waals surface area contributed by atoms with E-state index in [1.807, 2.05) is 42.1 Å². The lowest BCUT2D eigenvalue weighted by molar-refractivity contribution is -0.137. The number of imidazole rings is 1. The van der Waals surface area contributed by atoms with Crippen molar-refractivity contribution in [3.05, 3.63) is 90.0 Å². The van der Waals surface area contributed by atoms with Crippen molar-refractivity contribution in [2.75, 3.05) is 6.54 Å². The summed E-state index contributed by atoms with van der Waals surface area (Å²) < 4.78 is 40.4. The Kier molecular flexibility index (Phi) is 5.50. The van der Waals surface area contributed by atoms with Gasteiger partial charge < -0.3 is 9.88 Å². The number of halogens is 3. The molecule has 0 atom stereocenters. The first-order valence-electron chi connectivity index (χ1n) is 9.77. The van der Waals surface area contributed by atoms with Gasteiger partial charge in [0.25, 0.3) is 5.91 Å². The number of nitrogens with zero attached hydrogens (tertiary/aromatic N) is 2. The van der Waals surface area contributed by atoms with E-state index in [0.717, 1.165) is 34.2 Å². The number of rotatable bonds is 5. The minimum Gasteiger partial charge on any atom is -0.352 e. The van der Waals surface area contributed by atoms with E-state index in [4.69, 9.17) is 0 Å². The van der Waals surface area contributed by atoms with Gasteiger partial charge in [-0.2, -0.15) is 13.2 Å². The van der Waals surface area contributed by atoms with Gasteiger partial charge in [0.15, 0.2) is 0 Å². The molecule has 1 heterocycles. The zero-order valence-electron chi connectivity index (χ0n) is 16.8. The fourth-order valence-electron chi connectivity index (χ4n) is 3.52. The van der Waals surface area contributed by atoms with E-state index in [1.54, 1.807) is 18.5 Å². The van der Waals surface area contributed by atoms with Crippen LogP contribution in [0.4, 0.5) is 13.2 Å². The molecule has 3 aromatic carbocycles. The Hall–Kier alpha value is -3.61. The summed E-state index contributed by atoms with van der Waals surface area (Å²) in [5.41, 5.74) is 2.25. The quantitative estimate of drug-likeness (QED) is 0.478. The Morgan fingerprint density at radius 1 is 1.06 bits per heavy atom. The lowest BCUT2D eigenvalue weighted by atomic mass is 9.96. The number of carbonyl (C=O) groups excluding carboxylic acids is 1. The molecule has 1 N–H and O–H groups in total. The highest BCUT2D eigenvalue weighted by molar-refractivity contribution is 6.02. The van der Waals surface area contributed by atoms with E-state index in [0.29, 0.717) is 24.1 Å². The molecular formula is C24H20F3N3O. The smallest absolute Gasteiger partial charge is 0.352 e. The van der Waals surface area contributed by atoms with Gasteiger partial charge in [0.1, 0.15) is 0 Å². The summed E-state index contributed by atoms with van der Waals surface area (Å²) >= 11 is 0. The predicted octanol–water partition coefficient (Wildman–Crippen LogP) is 5.23. The molecule has 7 heteroatoms. The normalized spacial score (nSPS) is 11.6. The maximum absolute atomic E-state index is 12.8. The molecule has 0 spiro atoms. The topological polar surface area (TPSA) is 46.9 Å². The number of aromatic nitrogens is 2. The number of amides is 1. The first kappa shape index (κ1) is 20.7. The van der Waals surface area contributed by atoms with E-state index < -0.39 is 11.7 Å². The molecule has 0 saturated carbocycles. The van der Waals surface area contributed by atoms with Crippen LogP contribution in [-0.4, -0.2) is 22.0 Å². The van der Waals surface area contributed by atoms with E-state index in [9.17, 15) is 18.0 Å². The average Bonchev–Trinajstić information content (AvgIpc) is 3.17. The van der Waals surface area contributed by atoms with Crippen LogP contribution in [0.1, 0.15) is 21.6 Å². The van der Waals surface area contributed by atoms with Gasteiger partial charge >= 0.3 is 6.18 Å². The fraction of sp³-hybridized carbons (Fsp3) is 0.167. The summed E-state index contributed by atoms with van der Waals surface area (Å²) in [4.78, 5) is 16.8. The summed E-state index contributed by atoms with van der Waals surface area (Å²) in [6.45, 7) is 0.472. The molecule has 0 aliphatic heterocycles. The van der Waals surface area contributed by atoms with Gasteiger partial charge in [-0.1, -0.05) is 36.4 Å². The first-order valence-corrected chi connectivity index (χ1v) is 9.77. The Balaban J connectivity index is 1.53. The second-order valence-corrected chi connectivity index (χ2v) is 7.35. The number of carbonyl (C=O) groups is 1. The number of alkyl halides is 3. The van der Waals surface area contributed by atoms with Gasteiger partial charge in [-0.15, -0.1) is 0 Å². The molecular weight excluding hydrogens is 403 g/mol. The summed E-state index contributed by atoms with van der Waals surface area (Å²) in [6.07, 6.45) is -0.103. The van der Waals surface area contributed by atoms with Gasteiger partial charge in [0.2, 0.25) is 0 Å². The number of aryl methyl sites for hydroxylation is 1. The Bertz CT molecular complexity index is 1230. The Labute approximate surface area is 177 Å². The van der Waals surface area contributed by atoms with Crippen molar-refractivity contribution in [2.45, 2.75) is 12.6 Å². The van der Waals surface area contributed by atoms with Crippen molar-refractivity contribution in [3.8, 4) is 11.1 Å². The van der Waals surface area contributed by atoms with E-state index in [1.165, 1.54) is 12.1 Å². The number of nitrogens with one attached hydrogen (secondary N) is 1. The van der Waals surface area contributed by atoms with Crippen molar-refractivity contribution < 1.29 is 18.0 Å². The largest absolute Gasteiger partial charge is 0.416 e. The first-order chi connectivity index (χ1) is 14.8. The average molecular weight is 423 g/mol. The third-order valence-corrected chi connectivity index (χ3v) is 5.09. The van der Waals surface area contributed by atoms with E-state index >= 15 is 0 Å². The second kappa shape index (κ2) is 8.26. The molecule has 1 aromatic heterocycles. The van der Waals surface area contributed by atoms with Crippen LogP contribution in [0.25, 0.3) is 21.9 Å². The molecule has 0 aliphatic carbocycles. The Morgan fingerprint density at radius 3 is 2.52 bits per heavy atom. The van der Waals surface area contributed by atoms with Crippen LogP contribution < -0.4 is 5.32 Å². The monoisotopic (exact) mass is 423 g/mol. The van der Waals surface area contributed by atoms with Crippen LogP contribution in [0.2, 0.25) is 0 Å². The highest BCUT2D eigenvalue weighted by Gasteiger charge is 2.30. The lowest BCUT2D eigenvalue weighted by Gasteiger charge is -2.11. The number of hydrogen-bond acceptors (Lipinski definition) is 2. The van der Waals surface area contributed by atoms with Crippen LogP contribution in [0.3, 0.4) is 0 Å². The molecule has 1 amide bonds. The molecule has 4 aromatic rings. The van der Waals surface area contributed by atoms with Crippen LogP contribution in [-0.2, 0) is 19.6 Å². The molecule has 0 bridgehead atoms. The maximum Gasteiger partial charge on any atom is 0.416 e. The third-order valence-electron chi connectivity index (χ3n) is 5.09. The summed E-state index contributed by atoms with van der Waals surface area (Å²) in [6, 6.07) is 16.0. The minimum absolute atomic E-state index is 0.183. The molecule has 158 valence electrons. The van der Waals surface area contributed by atoms with Gasteiger partial charge in [-0.25, -0.2) is 4.98 Å². The number of hydrogen-bond donors (Lipinski definition) is 1. The zero-order valence-corrected chi connectivity index (χ0v) is 16.8. The molecule has 0 fully saturated rings. The zero-order chi connectivity index (χ0) is 22.0. The summed E-state index contributed by atoms with van der Waals surface area (Å²) in [5, 5.41) is 4.60. The third kappa shape index (κ3) is 4.60. The van der Waals surface area contributed by atoms with E-state index in [2.05, 4.69) is 10.3 Å². The fourth-order valence-corrected chi connectivity index (χ4v) is 3.52. The second-order valence-electron chi connectivity index (χ2n) is 7.35. The molecule has 4 nitrogen and oxygen atoms in total. The predicted molar refractivity (Wildman–Crippen MR) is 114 cm³/mol. The van der Waals surface area contributed by atoms with Crippen molar-refractivity contribution in [1.29, 1.82) is 0 Å². The van der Waals surface area contributed by atoms with Crippen LogP contribution in [0.5, 0.6) is 0 Å². The molecule has 4 rings (SSSR count). The highest BCUT2D eigenvalue weighted by Crippen LogP contribution is 2.33. The van der Waals surface area contributed by atoms with Crippen LogP contribution in [0.15, 0.2) is 73.2 Å². The molecule has 0 aliphatic rings. The van der Waals surface area contributed by atoms with Gasteiger partial charge in [-0.3, -0.25) is 4.79 Å². The van der Waals surface area contributed by atoms with Crippen LogP contribution in [0, 0.1) is 0 Å². The van der Waals surface area contributed by atoms with Gasteiger partial charge in [0.05, 0.1) is 17.6 Å². The van der Waals surface area contributed by atoms with E-state index in [-0.39, 0.29) is 5.91 Å². The van der Waals surface area contributed by atoms with Crippen molar-refractivity contribution in [2.24, 2.45) is 7.05 Å². The van der Waals surface area contributed by atoms with Crippen molar-refractivity contribution in [3.63, 3.8) is 0 Å². The SMILES string of the molecule is Cn1cnc(CCNC(=O)c2ccc3c(-c4ccc(C(F)(F)F)cc4)cccc3c2)c1. The number of benzene rings is 3. The van der Waals surface area contributed by atoms with Crippen molar-refractivity contribution >= 4 is 16.7 Å². The van der Waals surface area contributed by atoms with Crippen LogP contribution >= 0.6 is 0 Å². The molecule has 0 saturated heterocycles. The minimum atomic E-state index is -4.36. The summed E-state index contributed by atoms with van der Waals surface area (Å²) in [7, 11) is 1.89. The van der Waals surface area contributed by atoms with Gasteiger partial charge in [0, 0.05) is 31.8 Å². The van der Waals surface area contributed by atoms with Crippen molar-refractivity contribution in [1.82, 2.24) is 14.9 Å². The molecule has 0 radical (unpaired) electrons. The highest BCUT2D eigenvalue weighted by atomic mass is 19.4.